The normalized spacial score (nSPS) is 11.9. The van der Waals surface area contributed by atoms with Gasteiger partial charge in [0, 0.05) is 5.39 Å². The first-order valence-electron chi connectivity index (χ1n) is 16.4. The summed E-state index contributed by atoms with van der Waals surface area (Å²) < 4.78 is 1.73. The third kappa shape index (κ3) is 4.44. The summed E-state index contributed by atoms with van der Waals surface area (Å²) in [5.41, 5.74) is 15.2. The largest absolute Gasteiger partial charge is 0.288 e. The van der Waals surface area contributed by atoms with Crippen molar-refractivity contribution in [1.29, 1.82) is 10.5 Å². The van der Waals surface area contributed by atoms with E-state index in [1.54, 1.807) is 4.57 Å². The van der Waals surface area contributed by atoms with E-state index in [4.69, 9.17) is 4.98 Å². The summed E-state index contributed by atoms with van der Waals surface area (Å²) in [5, 5.41) is 23.4. The number of aromatic nitrogens is 2. The lowest BCUT2D eigenvalue weighted by molar-refractivity contribution is 0.103. The van der Waals surface area contributed by atoms with Gasteiger partial charge in [0.2, 0.25) is 5.78 Å². The van der Waals surface area contributed by atoms with Gasteiger partial charge in [-0.05, 0) is 120 Å². The van der Waals surface area contributed by atoms with E-state index in [-0.39, 0.29) is 17.2 Å². The minimum Gasteiger partial charge on any atom is -0.288 e. The van der Waals surface area contributed by atoms with Gasteiger partial charge >= 0.3 is 0 Å². The molecular weight excluding hydrogens is 601 g/mol. The summed E-state index contributed by atoms with van der Waals surface area (Å²) in [7, 11) is 0. The molecule has 0 unspecified atom stereocenters. The van der Waals surface area contributed by atoms with E-state index in [9.17, 15) is 15.3 Å². The molecule has 0 fully saturated rings. The fourth-order valence-electron chi connectivity index (χ4n) is 8.21. The minimum atomic E-state index is -0.220. The molecule has 8 rings (SSSR count). The number of benzene rings is 2. The highest BCUT2D eigenvalue weighted by Gasteiger charge is 2.35. The lowest BCUT2D eigenvalue weighted by atomic mass is 9.95. The predicted octanol–water partition coefficient (Wildman–Crippen LogP) is 9.49. The van der Waals surface area contributed by atoms with Gasteiger partial charge in [0.1, 0.15) is 12.1 Å². The smallest absolute Gasteiger partial charge is 0.231 e. The fraction of sp³-hybridized carbons (Fsp3) is 0.136. The van der Waals surface area contributed by atoms with Crippen LogP contribution in [0.1, 0.15) is 49.6 Å². The van der Waals surface area contributed by atoms with Crippen molar-refractivity contribution in [2.75, 3.05) is 0 Å². The Bertz CT molecular complexity index is 2700. The van der Waals surface area contributed by atoms with Crippen LogP contribution in [0.3, 0.4) is 0 Å². The molecule has 0 N–H and O–H groups in total. The molecule has 1 aliphatic heterocycles. The van der Waals surface area contributed by atoms with Crippen LogP contribution in [-0.4, -0.2) is 15.3 Å². The van der Waals surface area contributed by atoms with E-state index in [1.807, 2.05) is 24.3 Å². The van der Waals surface area contributed by atoms with Crippen LogP contribution in [0.4, 0.5) is 0 Å². The average molecular weight is 633 g/mol. The molecule has 5 nitrogen and oxygen atoms in total. The molecule has 0 spiro atoms. The van der Waals surface area contributed by atoms with Gasteiger partial charge in [0.05, 0.1) is 22.1 Å². The van der Waals surface area contributed by atoms with Crippen molar-refractivity contribution >= 4 is 33.0 Å². The number of ketones is 1. The quantitative estimate of drug-likeness (QED) is 0.190. The first kappa shape index (κ1) is 30.1. The van der Waals surface area contributed by atoms with Crippen molar-refractivity contribution < 1.29 is 4.79 Å². The Morgan fingerprint density at radius 2 is 1.16 bits per heavy atom. The number of aryl methyl sites for hydroxylation is 6. The number of carbonyl (C=O) groups excluding carboxylic acids is 1. The van der Waals surface area contributed by atoms with Crippen LogP contribution in [0.25, 0.3) is 66.3 Å². The maximum atomic E-state index is 14.3. The molecule has 0 saturated heterocycles. The van der Waals surface area contributed by atoms with Crippen molar-refractivity contribution in [3.63, 3.8) is 0 Å². The van der Waals surface area contributed by atoms with Gasteiger partial charge in [-0.3, -0.25) is 9.36 Å². The third-order valence-corrected chi connectivity index (χ3v) is 9.96. The highest BCUT2D eigenvalue weighted by molar-refractivity contribution is 6.20. The first-order chi connectivity index (χ1) is 23.6. The Balaban J connectivity index is 1.39. The summed E-state index contributed by atoms with van der Waals surface area (Å²) in [6.45, 7) is 12.7. The molecule has 49 heavy (non-hydrogen) atoms. The summed E-state index contributed by atoms with van der Waals surface area (Å²) in [6, 6.07) is 33.5. The molecule has 0 saturated carbocycles. The van der Waals surface area contributed by atoms with Crippen molar-refractivity contribution in [3.05, 3.63) is 135 Å². The molecule has 4 aromatic carbocycles. The molecule has 1 aromatic heterocycles. The number of nitriles is 2. The molecule has 0 amide bonds. The summed E-state index contributed by atoms with van der Waals surface area (Å²) in [6.07, 6.45) is 0. The molecule has 2 heterocycles. The number of hydrogen-bond donors (Lipinski definition) is 0. The maximum absolute atomic E-state index is 14.3. The topological polar surface area (TPSA) is 82.5 Å². The molecule has 3 aliphatic rings. The molecule has 5 aromatic rings. The monoisotopic (exact) mass is 632 g/mol. The second-order valence-corrected chi connectivity index (χ2v) is 13.4. The van der Waals surface area contributed by atoms with E-state index in [0.717, 1.165) is 33.0 Å². The lowest BCUT2D eigenvalue weighted by Crippen LogP contribution is -2.24. The Morgan fingerprint density at radius 3 is 1.76 bits per heavy atom. The zero-order valence-corrected chi connectivity index (χ0v) is 28.3. The van der Waals surface area contributed by atoms with E-state index in [1.165, 1.54) is 44.5 Å². The van der Waals surface area contributed by atoms with Crippen LogP contribution >= 0.6 is 0 Å². The number of carbonyl (C=O) groups is 1. The van der Waals surface area contributed by atoms with Crippen molar-refractivity contribution in [3.8, 4) is 51.2 Å². The Kier molecular flexibility index (Phi) is 6.67. The Labute approximate surface area is 285 Å². The molecule has 0 radical (unpaired) electrons. The van der Waals surface area contributed by atoms with Crippen LogP contribution in [0.15, 0.2) is 84.9 Å². The zero-order valence-electron chi connectivity index (χ0n) is 28.3. The van der Waals surface area contributed by atoms with Crippen molar-refractivity contribution in [2.24, 2.45) is 0 Å². The van der Waals surface area contributed by atoms with Crippen LogP contribution in [0.5, 0.6) is 0 Å². The lowest BCUT2D eigenvalue weighted by Gasteiger charge is -2.10. The van der Waals surface area contributed by atoms with E-state index in [0.29, 0.717) is 27.5 Å². The summed E-state index contributed by atoms with van der Waals surface area (Å²) >= 11 is 0. The standard InChI is InChI=1S/C44H32N4O/c1-23-15-25(3)38(26(4)16-23)29-7-9-31-19-36-40(34(31)13-11-29)42(33(21-45)22-46)48-37-20-32-10-8-30(39-27(5)17-24(2)18-28(39)6)12-14-35(32)41(37)43(49)44(48)47-36/h7-20H,1-6H3. The number of hydrogen-bond acceptors (Lipinski definition) is 4. The van der Waals surface area contributed by atoms with E-state index >= 15 is 0 Å². The van der Waals surface area contributed by atoms with Crippen LogP contribution < -0.4 is 5.35 Å². The summed E-state index contributed by atoms with van der Waals surface area (Å²) in [5.74, 6) is -0.0112. The number of nitrogens with zero attached hydrogens (tertiary/aromatic N) is 4. The van der Waals surface area contributed by atoms with Gasteiger partial charge in [-0.2, -0.15) is 10.5 Å². The highest BCUT2D eigenvalue weighted by atomic mass is 16.1. The zero-order chi connectivity index (χ0) is 34.3. The molecule has 0 atom stereocenters. The van der Waals surface area contributed by atoms with Crippen LogP contribution in [0.2, 0.25) is 0 Å². The maximum Gasteiger partial charge on any atom is 0.231 e. The third-order valence-electron chi connectivity index (χ3n) is 9.96. The van der Waals surface area contributed by atoms with Gasteiger partial charge in [-0.1, -0.05) is 83.9 Å². The van der Waals surface area contributed by atoms with E-state index < -0.39 is 0 Å². The van der Waals surface area contributed by atoms with Gasteiger partial charge < -0.3 is 0 Å². The average Bonchev–Trinajstić information content (AvgIpc) is 3.54. The van der Waals surface area contributed by atoms with Crippen molar-refractivity contribution in [1.82, 2.24) is 9.55 Å². The Hall–Kier alpha value is -6.30. The predicted molar refractivity (Wildman–Crippen MR) is 197 cm³/mol. The van der Waals surface area contributed by atoms with Crippen LogP contribution in [-0.2, 0) is 0 Å². The minimum absolute atomic E-state index is 0.0674. The molecular formula is C44H32N4O. The van der Waals surface area contributed by atoms with Gasteiger partial charge in [-0.25, -0.2) is 4.98 Å². The number of fused-ring (bicyclic) bond motifs is 8. The SMILES string of the molecule is Cc1cc(C)c(-c2ccc3cc4c(c-3cc2)C(=O)c2nc3cc5ccc(-c6c(C)cc(C)cc6C)ccc5c3c(=C(C#N)C#N)n2-4)c(C)c1. The Morgan fingerprint density at radius 1 is 0.633 bits per heavy atom. The number of rotatable bonds is 2. The summed E-state index contributed by atoms with van der Waals surface area (Å²) in [4.78, 5) is 19.2. The van der Waals surface area contributed by atoms with E-state index in [2.05, 4.69) is 114 Å². The second kappa shape index (κ2) is 10.9. The molecule has 5 heteroatoms. The van der Waals surface area contributed by atoms with Crippen LogP contribution in [0, 0.1) is 64.2 Å². The van der Waals surface area contributed by atoms with Gasteiger partial charge in [0.15, 0.2) is 11.4 Å². The first-order valence-corrected chi connectivity index (χ1v) is 16.4. The van der Waals surface area contributed by atoms with Gasteiger partial charge in [-0.15, -0.1) is 0 Å². The van der Waals surface area contributed by atoms with Gasteiger partial charge in [0.25, 0.3) is 0 Å². The van der Waals surface area contributed by atoms with Crippen molar-refractivity contribution in [2.45, 2.75) is 41.5 Å². The second-order valence-electron chi connectivity index (χ2n) is 13.4. The fourth-order valence-corrected chi connectivity index (χ4v) is 8.21. The molecule has 234 valence electrons. The molecule has 0 bridgehead atoms. The highest BCUT2D eigenvalue weighted by Crippen LogP contribution is 2.41. The molecule has 2 aliphatic carbocycles.